The van der Waals surface area contributed by atoms with Gasteiger partial charge in [0, 0.05) is 45.3 Å². The van der Waals surface area contributed by atoms with Crippen molar-refractivity contribution in [3.63, 3.8) is 0 Å². The maximum absolute atomic E-state index is 5.14. The fourth-order valence-electron chi connectivity index (χ4n) is 2.14. The number of fused-ring (bicyclic) bond motifs is 1. The highest BCUT2D eigenvalue weighted by atomic mass is 16.5. The quantitative estimate of drug-likeness (QED) is 0.795. The molecular weight excluding hydrogens is 190 g/mol. The van der Waals surface area contributed by atoms with Gasteiger partial charge in [0.05, 0.1) is 12.3 Å². The lowest BCUT2D eigenvalue weighted by molar-refractivity contribution is 0.185. The highest BCUT2D eigenvalue weighted by Crippen LogP contribution is 2.16. The fourth-order valence-corrected chi connectivity index (χ4v) is 2.14. The predicted molar refractivity (Wildman–Crippen MR) is 58.9 cm³/mol. The number of ether oxygens (including phenoxy) is 1. The smallest absolute Gasteiger partial charge is 0.109 e. The molecule has 1 N–H and O–H groups in total. The van der Waals surface area contributed by atoms with Gasteiger partial charge in [0.25, 0.3) is 0 Å². The maximum Gasteiger partial charge on any atom is 0.109 e. The van der Waals surface area contributed by atoms with E-state index in [0.717, 1.165) is 39.1 Å². The SMILES string of the molecule is CCc1nc2c(n1CCOC)CCNC2. The Balaban J connectivity index is 2.27. The Morgan fingerprint density at radius 2 is 2.40 bits per heavy atom. The number of aromatic nitrogens is 2. The first-order chi connectivity index (χ1) is 7.36. The van der Waals surface area contributed by atoms with Gasteiger partial charge in [0.15, 0.2) is 0 Å². The molecule has 2 heterocycles. The second-order valence-electron chi connectivity index (χ2n) is 3.85. The number of aryl methyl sites for hydroxylation is 1. The molecular formula is C11H19N3O. The Kier molecular flexibility index (Phi) is 3.38. The summed E-state index contributed by atoms with van der Waals surface area (Å²) in [6.45, 7) is 5.84. The summed E-state index contributed by atoms with van der Waals surface area (Å²) >= 11 is 0. The van der Waals surface area contributed by atoms with Crippen molar-refractivity contribution in [3.8, 4) is 0 Å². The third-order valence-corrected chi connectivity index (χ3v) is 2.90. The molecule has 1 aliphatic heterocycles. The van der Waals surface area contributed by atoms with Crippen LogP contribution in [0.5, 0.6) is 0 Å². The third-order valence-electron chi connectivity index (χ3n) is 2.90. The molecule has 0 saturated carbocycles. The fraction of sp³-hybridized carbons (Fsp3) is 0.727. The molecule has 15 heavy (non-hydrogen) atoms. The van der Waals surface area contributed by atoms with Gasteiger partial charge in [-0.3, -0.25) is 0 Å². The number of nitrogens with one attached hydrogen (secondary N) is 1. The molecule has 1 aromatic rings. The van der Waals surface area contributed by atoms with E-state index in [1.165, 1.54) is 17.2 Å². The van der Waals surface area contributed by atoms with Gasteiger partial charge in [-0.2, -0.15) is 0 Å². The van der Waals surface area contributed by atoms with Crippen LogP contribution in [0.4, 0.5) is 0 Å². The summed E-state index contributed by atoms with van der Waals surface area (Å²) in [5, 5.41) is 3.35. The summed E-state index contributed by atoms with van der Waals surface area (Å²) in [5.41, 5.74) is 2.64. The molecule has 0 bridgehead atoms. The normalized spacial score (nSPS) is 15.3. The van der Waals surface area contributed by atoms with E-state index >= 15 is 0 Å². The lowest BCUT2D eigenvalue weighted by Crippen LogP contribution is -2.25. The van der Waals surface area contributed by atoms with Crippen molar-refractivity contribution < 1.29 is 4.74 Å². The van der Waals surface area contributed by atoms with E-state index in [-0.39, 0.29) is 0 Å². The molecule has 0 radical (unpaired) electrons. The van der Waals surface area contributed by atoms with Gasteiger partial charge in [0.1, 0.15) is 5.82 Å². The van der Waals surface area contributed by atoms with Gasteiger partial charge in [-0.05, 0) is 0 Å². The molecule has 0 unspecified atom stereocenters. The average molecular weight is 209 g/mol. The number of hydrogen-bond acceptors (Lipinski definition) is 3. The van der Waals surface area contributed by atoms with Crippen LogP contribution in [0.1, 0.15) is 24.1 Å². The first kappa shape index (κ1) is 10.6. The molecule has 0 spiro atoms. The standard InChI is InChI=1S/C11H19N3O/c1-3-11-13-9-8-12-5-4-10(9)14(11)6-7-15-2/h12H,3-8H2,1-2H3. The second-order valence-corrected chi connectivity index (χ2v) is 3.85. The molecule has 0 amide bonds. The van der Waals surface area contributed by atoms with Crippen molar-refractivity contribution in [1.82, 2.24) is 14.9 Å². The molecule has 1 aromatic heterocycles. The number of nitrogens with zero attached hydrogens (tertiary/aromatic N) is 2. The minimum Gasteiger partial charge on any atom is -0.383 e. The highest BCUT2D eigenvalue weighted by Gasteiger charge is 2.18. The second kappa shape index (κ2) is 4.77. The van der Waals surface area contributed by atoms with Crippen molar-refractivity contribution in [2.24, 2.45) is 0 Å². The van der Waals surface area contributed by atoms with Gasteiger partial charge in [-0.25, -0.2) is 4.98 Å². The van der Waals surface area contributed by atoms with E-state index < -0.39 is 0 Å². The number of hydrogen-bond donors (Lipinski definition) is 1. The zero-order valence-corrected chi connectivity index (χ0v) is 9.55. The van der Waals surface area contributed by atoms with E-state index in [9.17, 15) is 0 Å². The molecule has 0 aromatic carbocycles. The van der Waals surface area contributed by atoms with Crippen LogP contribution in [-0.2, 0) is 30.7 Å². The molecule has 1 aliphatic rings. The highest BCUT2D eigenvalue weighted by molar-refractivity contribution is 5.20. The Labute approximate surface area is 90.6 Å². The van der Waals surface area contributed by atoms with Crippen LogP contribution in [0, 0.1) is 0 Å². The first-order valence-corrected chi connectivity index (χ1v) is 5.63. The molecule has 84 valence electrons. The molecule has 4 nitrogen and oxygen atoms in total. The average Bonchev–Trinajstić information content (AvgIpc) is 2.64. The van der Waals surface area contributed by atoms with Crippen molar-refractivity contribution in [2.45, 2.75) is 32.9 Å². The van der Waals surface area contributed by atoms with Gasteiger partial charge in [-0.1, -0.05) is 6.92 Å². The Morgan fingerprint density at radius 3 is 3.13 bits per heavy atom. The summed E-state index contributed by atoms with van der Waals surface area (Å²) in [4.78, 5) is 4.67. The van der Waals surface area contributed by atoms with Gasteiger partial charge in [0.2, 0.25) is 0 Å². The molecule has 0 atom stereocenters. The van der Waals surface area contributed by atoms with E-state index in [4.69, 9.17) is 4.74 Å². The van der Waals surface area contributed by atoms with Crippen molar-refractivity contribution in [2.75, 3.05) is 20.3 Å². The van der Waals surface area contributed by atoms with E-state index in [1.54, 1.807) is 7.11 Å². The van der Waals surface area contributed by atoms with Gasteiger partial charge in [-0.15, -0.1) is 0 Å². The lowest BCUT2D eigenvalue weighted by atomic mass is 10.2. The van der Waals surface area contributed by atoms with Crippen molar-refractivity contribution >= 4 is 0 Å². The van der Waals surface area contributed by atoms with E-state index in [2.05, 4.69) is 21.8 Å². The summed E-state index contributed by atoms with van der Waals surface area (Å²) in [6.07, 6.45) is 2.09. The molecule has 4 heteroatoms. The number of rotatable bonds is 4. The minimum atomic E-state index is 0.767. The molecule has 0 saturated heterocycles. The summed E-state index contributed by atoms with van der Waals surface area (Å²) < 4.78 is 7.47. The molecule has 2 rings (SSSR count). The van der Waals surface area contributed by atoms with Crippen LogP contribution in [-0.4, -0.2) is 29.8 Å². The Bertz CT molecular complexity index is 333. The molecule has 0 aliphatic carbocycles. The van der Waals surface area contributed by atoms with Crippen LogP contribution in [0.25, 0.3) is 0 Å². The Morgan fingerprint density at radius 1 is 1.53 bits per heavy atom. The van der Waals surface area contributed by atoms with Crippen LogP contribution in [0.15, 0.2) is 0 Å². The van der Waals surface area contributed by atoms with E-state index in [1.807, 2.05) is 0 Å². The van der Waals surface area contributed by atoms with Gasteiger partial charge >= 0.3 is 0 Å². The zero-order chi connectivity index (χ0) is 10.7. The van der Waals surface area contributed by atoms with Crippen LogP contribution in [0.3, 0.4) is 0 Å². The summed E-state index contributed by atoms with van der Waals surface area (Å²) in [5.74, 6) is 1.20. The largest absolute Gasteiger partial charge is 0.383 e. The summed E-state index contributed by atoms with van der Waals surface area (Å²) in [7, 11) is 1.75. The van der Waals surface area contributed by atoms with Crippen molar-refractivity contribution in [1.29, 1.82) is 0 Å². The number of imidazole rings is 1. The van der Waals surface area contributed by atoms with Crippen LogP contribution in [0.2, 0.25) is 0 Å². The van der Waals surface area contributed by atoms with E-state index in [0.29, 0.717) is 0 Å². The topological polar surface area (TPSA) is 39.1 Å². The zero-order valence-electron chi connectivity index (χ0n) is 9.55. The third kappa shape index (κ3) is 2.06. The van der Waals surface area contributed by atoms with Crippen molar-refractivity contribution in [3.05, 3.63) is 17.2 Å². The predicted octanol–water partition coefficient (Wildman–Crippen LogP) is 0.738. The monoisotopic (exact) mass is 209 g/mol. The maximum atomic E-state index is 5.14. The lowest BCUT2D eigenvalue weighted by Gasteiger charge is -2.15. The Hall–Kier alpha value is -0.870. The minimum absolute atomic E-state index is 0.767. The number of methoxy groups -OCH3 is 1. The summed E-state index contributed by atoms with van der Waals surface area (Å²) in [6, 6.07) is 0. The van der Waals surface area contributed by atoms with Crippen LogP contribution >= 0.6 is 0 Å². The first-order valence-electron chi connectivity index (χ1n) is 5.63. The van der Waals surface area contributed by atoms with Crippen LogP contribution < -0.4 is 5.32 Å². The molecule has 0 fully saturated rings. The van der Waals surface area contributed by atoms with Gasteiger partial charge < -0.3 is 14.6 Å².